The van der Waals surface area contributed by atoms with Gasteiger partial charge in [0.25, 0.3) is 0 Å². The standard InChI is InChI=1S/C11H21N3O/c1-9-7-12-10(14-9)13-8-11(2)3-5-15-6-4-11/h9H,3-8H2,1-2H3,(H2,12,13,14). The van der Waals surface area contributed by atoms with Crippen LogP contribution in [0.2, 0.25) is 0 Å². The summed E-state index contributed by atoms with van der Waals surface area (Å²) in [6.07, 6.45) is 2.28. The molecule has 86 valence electrons. The molecule has 15 heavy (non-hydrogen) atoms. The highest BCUT2D eigenvalue weighted by molar-refractivity contribution is 5.81. The lowest BCUT2D eigenvalue weighted by Gasteiger charge is -2.33. The van der Waals surface area contributed by atoms with Crippen molar-refractivity contribution in [1.82, 2.24) is 10.6 Å². The molecule has 0 saturated carbocycles. The lowest BCUT2D eigenvalue weighted by Crippen LogP contribution is -2.44. The number of aliphatic imine (C=N–C) groups is 1. The molecule has 1 unspecified atom stereocenters. The monoisotopic (exact) mass is 211 g/mol. The molecule has 1 fully saturated rings. The van der Waals surface area contributed by atoms with Crippen LogP contribution in [-0.4, -0.2) is 38.3 Å². The predicted octanol–water partition coefficient (Wildman–Crippen LogP) is 0.740. The van der Waals surface area contributed by atoms with Gasteiger partial charge in [-0.1, -0.05) is 6.92 Å². The van der Waals surface area contributed by atoms with E-state index in [4.69, 9.17) is 4.74 Å². The van der Waals surface area contributed by atoms with Crippen molar-refractivity contribution in [2.75, 3.05) is 26.3 Å². The molecule has 2 aliphatic heterocycles. The Morgan fingerprint density at radius 1 is 1.53 bits per heavy atom. The van der Waals surface area contributed by atoms with E-state index < -0.39 is 0 Å². The molecule has 2 aliphatic rings. The van der Waals surface area contributed by atoms with E-state index in [9.17, 15) is 0 Å². The third-order valence-electron chi connectivity index (χ3n) is 3.29. The summed E-state index contributed by atoms with van der Waals surface area (Å²) in [5.41, 5.74) is 0.369. The van der Waals surface area contributed by atoms with Gasteiger partial charge in [0.2, 0.25) is 0 Å². The summed E-state index contributed by atoms with van der Waals surface area (Å²) in [6, 6.07) is 0.481. The third kappa shape index (κ3) is 2.84. The summed E-state index contributed by atoms with van der Waals surface area (Å²) < 4.78 is 5.38. The first-order valence-electron chi connectivity index (χ1n) is 5.81. The molecule has 0 aliphatic carbocycles. The van der Waals surface area contributed by atoms with Crippen molar-refractivity contribution >= 4 is 5.96 Å². The van der Waals surface area contributed by atoms with Crippen molar-refractivity contribution in [3.05, 3.63) is 0 Å². The molecule has 0 amide bonds. The van der Waals surface area contributed by atoms with Crippen LogP contribution in [0.1, 0.15) is 26.7 Å². The van der Waals surface area contributed by atoms with E-state index in [1.807, 2.05) is 0 Å². The minimum Gasteiger partial charge on any atom is -0.381 e. The largest absolute Gasteiger partial charge is 0.381 e. The van der Waals surface area contributed by atoms with E-state index in [0.717, 1.165) is 45.1 Å². The van der Waals surface area contributed by atoms with Crippen molar-refractivity contribution in [1.29, 1.82) is 0 Å². The van der Waals surface area contributed by atoms with Gasteiger partial charge in [-0.15, -0.1) is 0 Å². The topological polar surface area (TPSA) is 45.7 Å². The number of hydrogen-bond acceptors (Lipinski definition) is 4. The Bertz CT molecular complexity index is 246. The predicted molar refractivity (Wildman–Crippen MR) is 61.1 cm³/mol. The second-order valence-electron chi connectivity index (χ2n) is 5.01. The second-order valence-corrected chi connectivity index (χ2v) is 5.01. The first-order valence-corrected chi connectivity index (χ1v) is 5.81. The van der Waals surface area contributed by atoms with Crippen LogP contribution in [0.25, 0.3) is 0 Å². The lowest BCUT2D eigenvalue weighted by molar-refractivity contribution is 0.0260. The van der Waals surface area contributed by atoms with Crippen molar-refractivity contribution in [3.8, 4) is 0 Å². The lowest BCUT2D eigenvalue weighted by atomic mass is 9.82. The first-order chi connectivity index (χ1) is 7.18. The van der Waals surface area contributed by atoms with Gasteiger partial charge in [0.05, 0.1) is 6.54 Å². The fraction of sp³-hybridized carbons (Fsp3) is 0.909. The van der Waals surface area contributed by atoms with Gasteiger partial charge in [-0.3, -0.25) is 4.99 Å². The quantitative estimate of drug-likeness (QED) is 0.708. The van der Waals surface area contributed by atoms with E-state index in [1.165, 1.54) is 0 Å². The van der Waals surface area contributed by atoms with E-state index in [0.29, 0.717) is 11.5 Å². The number of nitrogens with zero attached hydrogens (tertiary/aromatic N) is 1. The fourth-order valence-corrected chi connectivity index (χ4v) is 2.00. The van der Waals surface area contributed by atoms with Gasteiger partial charge in [-0.05, 0) is 25.2 Å². The molecule has 0 spiro atoms. The van der Waals surface area contributed by atoms with Crippen molar-refractivity contribution in [3.63, 3.8) is 0 Å². The molecule has 0 aromatic rings. The van der Waals surface area contributed by atoms with Crippen LogP contribution in [0.15, 0.2) is 4.99 Å². The second kappa shape index (κ2) is 4.39. The van der Waals surface area contributed by atoms with Crippen LogP contribution in [-0.2, 0) is 4.74 Å². The van der Waals surface area contributed by atoms with Crippen LogP contribution in [0.4, 0.5) is 0 Å². The molecule has 2 heterocycles. The van der Waals surface area contributed by atoms with E-state index in [-0.39, 0.29) is 0 Å². The Kier molecular flexibility index (Phi) is 3.14. The number of nitrogens with one attached hydrogen (secondary N) is 2. The number of hydrogen-bond donors (Lipinski definition) is 2. The van der Waals surface area contributed by atoms with Gasteiger partial charge in [0.1, 0.15) is 0 Å². The molecule has 2 N–H and O–H groups in total. The zero-order valence-corrected chi connectivity index (χ0v) is 9.68. The normalized spacial score (nSPS) is 29.5. The van der Waals surface area contributed by atoms with Crippen LogP contribution >= 0.6 is 0 Å². The Morgan fingerprint density at radius 3 is 2.87 bits per heavy atom. The number of rotatable bonds is 2. The zero-order valence-electron chi connectivity index (χ0n) is 9.68. The molecule has 4 heteroatoms. The van der Waals surface area contributed by atoms with E-state index >= 15 is 0 Å². The van der Waals surface area contributed by atoms with Crippen LogP contribution < -0.4 is 10.6 Å². The summed E-state index contributed by atoms with van der Waals surface area (Å²) in [6.45, 7) is 8.15. The highest BCUT2D eigenvalue weighted by Crippen LogP contribution is 2.28. The van der Waals surface area contributed by atoms with Gasteiger partial charge in [-0.25, -0.2) is 0 Å². The van der Waals surface area contributed by atoms with E-state index in [1.54, 1.807) is 0 Å². The fourth-order valence-electron chi connectivity index (χ4n) is 2.00. The van der Waals surface area contributed by atoms with Gasteiger partial charge in [-0.2, -0.15) is 0 Å². The summed E-state index contributed by atoms with van der Waals surface area (Å²) in [4.78, 5) is 4.40. The van der Waals surface area contributed by atoms with Crippen molar-refractivity contribution < 1.29 is 4.74 Å². The Morgan fingerprint density at radius 2 is 2.27 bits per heavy atom. The highest BCUT2D eigenvalue weighted by Gasteiger charge is 2.27. The summed E-state index contributed by atoms with van der Waals surface area (Å²) in [5, 5.41) is 6.72. The van der Waals surface area contributed by atoms with Crippen molar-refractivity contribution in [2.45, 2.75) is 32.7 Å². The SMILES string of the molecule is CC1CN=C(NCC2(C)CCOCC2)N1. The Labute approximate surface area is 91.5 Å². The maximum atomic E-state index is 5.38. The smallest absolute Gasteiger partial charge is 0.191 e. The summed E-state index contributed by atoms with van der Waals surface area (Å²) in [7, 11) is 0. The van der Waals surface area contributed by atoms with Crippen LogP contribution in [0.3, 0.4) is 0 Å². The average Bonchev–Trinajstić information content (AvgIpc) is 2.63. The van der Waals surface area contributed by atoms with Gasteiger partial charge < -0.3 is 15.4 Å². The van der Waals surface area contributed by atoms with Gasteiger partial charge in [0, 0.05) is 25.8 Å². The Balaban J connectivity index is 1.77. The van der Waals surface area contributed by atoms with E-state index in [2.05, 4.69) is 29.5 Å². The zero-order chi connectivity index (χ0) is 10.7. The highest BCUT2D eigenvalue weighted by atomic mass is 16.5. The maximum Gasteiger partial charge on any atom is 0.191 e. The molecular weight excluding hydrogens is 190 g/mol. The Hall–Kier alpha value is -0.770. The van der Waals surface area contributed by atoms with Gasteiger partial charge in [0.15, 0.2) is 5.96 Å². The molecule has 0 radical (unpaired) electrons. The maximum absolute atomic E-state index is 5.38. The first kappa shape index (κ1) is 10.7. The summed E-state index contributed by atoms with van der Waals surface area (Å²) >= 11 is 0. The van der Waals surface area contributed by atoms with Gasteiger partial charge >= 0.3 is 0 Å². The number of guanidine groups is 1. The molecule has 4 nitrogen and oxygen atoms in total. The molecule has 0 aromatic carbocycles. The molecule has 0 bridgehead atoms. The molecule has 2 rings (SSSR count). The molecular formula is C11H21N3O. The average molecular weight is 211 g/mol. The summed E-state index contributed by atoms with van der Waals surface area (Å²) in [5.74, 6) is 0.968. The third-order valence-corrected chi connectivity index (χ3v) is 3.29. The minimum absolute atomic E-state index is 0.369. The molecule has 1 saturated heterocycles. The molecule has 1 atom stereocenters. The van der Waals surface area contributed by atoms with Crippen LogP contribution in [0, 0.1) is 5.41 Å². The van der Waals surface area contributed by atoms with Crippen LogP contribution in [0.5, 0.6) is 0 Å². The number of ether oxygens (including phenoxy) is 1. The minimum atomic E-state index is 0.369. The van der Waals surface area contributed by atoms with Crippen molar-refractivity contribution in [2.24, 2.45) is 10.4 Å². The molecule has 0 aromatic heterocycles.